The monoisotopic (exact) mass is 337 g/mol. The summed E-state index contributed by atoms with van der Waals surface area (Å²) in [6, 6.07) is 6.75. The third-order valence-electron chi connectivity index (χ3n) is 4.50. The fourth-order valence-electron chi connectivity index (χ4n) is 3.29. The smallest absolute Gasteiger partial charge is 0.407 e. The lowest BCUT2D eigenvalue weighted by molar-refractivity contribution is -0.146. The van der Waals surface area contributed by atoms with Gasteiger partial charge >= 0.3 is 12.1 Å². The van der Waals surface area contributed by atoms with Crippen molar-refractivity contribution in [3.05, 3.63) is 29.8 Å². The zero-order chi connectivity index (χ0) is 17.7. The molecule has 1 aliphatic rings. The van der Waals surface area contributed by atoms with Crippen LogP contribution >= 0.6 is 0 Å². The number of hydrogen-bond donors (Lipinski definition) is 2. The van der Waals surface area contributed by atoms with E-state index in [-0.39, 0.29) is 5.92 Å². The Morgan fingerprint density at radius 2 is 2.04 bits per heavy atom. The van der Waals surface area contributed by atoms with Gasteiger partial charge in [-0.1, -0.05) is 12.1 Å². The molecule has 7 nitrogen and oxygen atoms in total. The molecule has 2 rings (SSSR count). The lowest BCUT2D eigenvalue weighted by Gasteiger charge is -2.40. The molecule has 0 saturated carbocycles. The molecule has 24 heavy (non-hydrogen) atoms. The molecule has 1 amide bonds. The number of carboxylic acids is 1. The molecule has 3 atom stereocenters. The van der Waals surface area contributed by atoms with Gasteiger partial charge in [-0.05, 0) is 31.0 Å². The van der Waals surface area contributed by atoms with Crippen LogP contribution in [-0.4, -0.2) is 60.1 Å². The maximum atomic E-state index is 11.7. The summed E-state index contributed by atoms with van der Waals surface area (Å²) < 4.78 is 10.5. The van der Waals surface area contributed by atoms with Gasteiger partial charge in [0, 0.05) is 25.6 Å². The standard InChI is InChI=1S/C17H23NO6/c1-11-15(16(19)20)14(6-7-18(11)17(21)22)12-4-3-5-13(10-12)24-9-8-23-2/h3-5,10-11,14-15H,6-9H2,1-2H3,(H,19,20)(H,21,22)/t11-,14?,15-/m1/s1. The van der Waals surface area contributed by atoms with Crippen molar-refractivity contribution in [1.82, 2.24) is 4.90 Å². The Bertz CT molecular complexity index is 590. The number of likely N-dealkylation sites (tertiary alicyclic amines) is 1. The van der Waals surface area contributed by atoms with Gasteiger partial charge in [-0.2, -0.15) is 0 Å². The van der Waals surface area contributed by atoms with Crippen LogP contribution in [0, 0.1) is 5.92 Å². The molecule has 7 heteroatoms. The predicted octanol–water partition coefficient (Wildman–Crippen LogP) is 2.27. The highest BCUT2D eigenvalue weighted by Gasteiger charge is 2.42. The van der Waals surface area contributed by atoms with Gasteiger partial charge < -0.3 is 24.6 Å². The van der Waals surface area contributed by atoms with Crippen LogP contribution < -0.4 is 4.74 Å². The molecule has 1 fully saturated rings. The van der Waals surface area contributed by atoms with E-state index in [4.69, 9.17) is 9.47 Å². The minimum absolute atomic E-state index is 0.251. The quantitative estimate of drug-likeness (QED) is 0.773. The van der Waals surface area contributed by atoms with Gasteiger partial charge in [0.15, 0.2) is 0 Å². The molecule has 0 bridgehead atoms. The molecule has 0 aromatic heterocycles. The molecule has 1 unspecified atom stereocenters. The molecule has 0 spiro atoms. The number of hydrogen-bond acceptors (Lipinski definition) is 4. The molecule has 1 aromatic rings. The lowest BCUT2D eigenvalue weighted by atomic mass is 9.76. The summed E-state index contributed by atoms with van der Waals surface area (Å²) >= 11 is 0. The van der Waals surface area contributed by atoms with E-state index < -0.39 is 24.0 Å². The normalized spacial score (nSPS) is 23.8. The fourth-order valence-corrected chi connectivity index (χ4v) is 3.29. The molecular formula is C17H23NO6. The average Bonchev–Trinajstić information content (AvgIpc) is 2.54. The topological polar surface area (TPSA) is 96.3 Å². The van der Waals surface area contributed by atoms with E-state index in [1.54, 1.807) is 14.0 Å². The summed E-state index contributed by atoms with van der Waals surface area (Å²) in [5.41, 5.74) is 0.856. The minimum atomic E-state index is -1.08. The number of carbonyl (C=O) groups is 2. The van der Waals surface area contributed by atoms with E-state index in [2.05, 4.69) is 0 Å². The third kappa shape index (κ3) is 3.97. The second kappa shape index (κ2) is 8.01. The third-order valence-corrected chi connectivity index (χ3v) is 4.50. The van der Waals surface area contributed by atoms with Crippen LogP contribution in [-0.2, 0) is 9.53 Å². The molecule has 0 radical (unpaired) electrons. The Labute approximate surface area is 140 Å². The highest BCUT2D eigenvalue weighted by Crippen LogP contribution is 2.38. The summed E-state index contributed by atoms with van der Waals surface area (Å²) in [5, 5.41) is 18.8. The molecule has 1 aliphatic heterocycles. The number of nitrogens with zero attached hydrogens (tertiary/aromatic N) is 1. The van der Waals surface area contributed by atoms with Crippen molar-refractivity contribution in [1.29, 1.82) is 0 Å². The molecule has 1 aromatic carbocycles. The number of carboxylic acid groups (broad SMARTS) is 2. The van der Waals surface area contributed by atoms with Crippen molar-refractivity contribution >= 4 is 12.1 Å². The second-order valence-electron chi connectivity index (χ2n) is 5.89. The molecule has 132 valence electrons. The Kier molecular flexibility index (Phi) is 6.03. The zero-order valence-electron chi connectivity index (χ0n) is 13.8. The zero-order valence-corrected chi connectivity index (χ0v) is 13.8. The molecule has 1 saturated heterocycles. The van der Waals surface area contributed by atoms with E-state index in [9.17, 15) is 19.8 Å². The van der Waals surface area contributed by atoms with E-state index in [0.29, 0.717) is 31.9 Å². The van der Waals surface area contributed by atoms with Crippen LogP contribution in [0.25, 0.3) is 0 Å². The largest absolute Gasteiger partial charge is 0.491 e. The van der Waals surface area contributed by atoms with E-state index in [0.717, 1.165) is 5.56 Å². The van der Waals surface area contributed by atoms with Crippen molar-refractivity contribution in [2.24, 2.45) is 5.92 Å². The van der Waals surface area contributed by atoms with Crippen LogP contribution in [0.15, 0.2) is 24.3 Å². The Hall–Kier alpha value is -2.28. The van der Waals surface area contributed by atoms with E-state index in [1.165, 1.54) is 4.90 Å². The second-order valence-corrected chi connectivity index (χ2v) is 5.89. The first-order valence-corrected chi connectivity index (χ1v) is 7.89. The Morgan fingerprint density at radius 1 is 1.29 bits per heavy atom. The van der Waals surface area contributed by atoms with Crippen LogP contribution in [0.3, 0.4) is 0 Å². The van der Waals surface area contributed by atoms with Gasteiger partial charge in [-0.15, -0.1) is 0 Å². The Balaban J connectivity index is 2.21. The van der Waals surface area contributed by atoms with Crippen molar-refractivity contribution in [2.45, 2.75) is 25.3 Å². The average molecular weight is 337 g/mol. The lowest BCUT2D eigenvalue weighted by Crippen LogP contribution is -2.51. The van der Waals surface area contributed by atoms with E-state index >= 15 is 0 Å². The van der Waals surface area contributed by atoms with Gasteiger partial charge in [0.25, 0.3) is 0 Å². The SMILES string of the molecule is COCCOc1cccc(C2CCN(C(=O)O)[C@H](C)[C@H]2C(=O)O)c1. The first-order valence-electron chi connectivity index (χ1n) is 7.89. The number of benzene rings is 1. The van der Waals surface area contributed by atoms with Crippen molar-refractivity contribution in [3.8, 4) is 5.75 Å². The number of methoxy groups -OCH3 is 1. The molecule has 2 N–H and O–H groups in total. The highest BCUT2D eigenvalue weighted by molar-refractivity contribution is 5.75. The summed E-state index contributed by atoms with van der Waals surface area (Å²) in [4.78, 5) is 24.2. The Morgan fingerprint density at radius 3 is 2.67 bits per heavy atom. The van der Waals surface area contributed by atoms with Crippen molar-refractivity contribution in [2.75, 3.05) is 26.9 Å². The summed E-state index contributed by atoms with van der Waals surface area (Å²) in [7, 11) is 1.59. The number of amides is 1. The fraction of sp³-hybridized carbons (Fsp3) is 0.529. The van der Waals surface area contributed by atoms with Crippen LogP contribution in [0.5, 0.6) is 5.75 Å². The van der Waals surface area contributed by atoms with Gasteiger partial charge in [-0.3, -0.25) is 4.79 Å². The number of piperidine rings is 1. The van der Waals surface area contributed by atoms with Crippen LogP contribution in [0.4, 0.5) is 4.79 Å². The number of ether oxygens (including phenoxy) is 2. The van der Waals surface area contributed by atoms with Gasteiger partial charge in [0.2, 0.25) is 0 Å². The summed E-state index contributed by atoms with van der Waals surface area (Å²) in [6.45, 7) is 2.85. The van der Waals surface area contributed by atoms with Crippen molar-refractivity contribution in [3.63, 3.8) is 0 Å². The van der Waals surface area contributed by atoms with E-state index in [1.807, 2.05) is 24.3 Å². The maximum absolute atomic E-state index is 11.7. The first kappa shape index (κ1) is 18.1. The minimum Gasteiger partial charge on any atom is -0.491 e. The predicted molar refractivity (Wildman–Crippen MR) is 86.5 cm³/mol. The number of rotatable bonds is 6. The first-order chi connectivity index (χ1) is 11.5. The highest BCUT2D eigenvalue weighted by atomic mass is 16.5. The van der Waals surface area contributed by atoms with Crippen LogP contribution in [0.1, 0.15) is 24.8 Å². The summed E-state index contributed by atoms with van der Waals surface area (Å²) in [5.74, 6) is -1.37. The van der Waals surface area contributed by atoms with Gasteiger partial charge in [0.1, 0.15) is 12.4 Å². The number of aliphatic carboxylic acids is 1. The molecular weight excluding hydrogens is 314 g/mol. The summed E-state index contributed by atoms with van der Waals surface area (Å²) in [6.07, 6.45) is -0.612. The van der Waals surface area contributed by atoms with Gasteiger partial charge in [0.05, 0.1) is 12.5 Å². The maximum Gasteiger partial charge on any atom is 0.407 e. The van der Waals surface area contributed by atoms with Gasteiger partial charge in [-0.25, -0.2) is 4.79 Å². The molecule has 1 heterocycles. The molecule has 0 aliphatic carbocycles. The van der Waals surface area contributed by atoms with Crippen molar-refractivity contribution < 1.29 is 29.3 Å². The van der Waals surface area contributed by atoms with Crippen LogP contribution in [0.2, 0.25) is 0 Å².